The highest BCUT2D eigenvalue weighted by atomic mass is 32.1. The average Bonchev–Trinajstić information content (AvgIpc) is 2.74. The van der Waals surface area contributed by atoms with Gasteiger partial charge in [-0.3, -0.25) is 4.79 Å². The fourth-order valence-electron chi connectivity index (χ4n) is 2.29. The second-order valence-corrected chi connectivity index (χ2v) is 5.91. The molecule has 0 bridgehead atoms. The van der Waals surface area contributed by atoms with Gasteiger partial charge in [0.15, 0.2) is 0 Å². The number of thiophene rings is 1. The molecule has 2 N–H and O–H groups in total. The van der Waals surface area contributed by atoms with Crippen molar-refractivity contribution in [1.29, 1.82) is 0 Å². The van der Waals surface area contributed by atoms with E-state index in [1.165, 1.54) is 11.3 Å². The molecule has 0 unspecified atom stereocenters. The van der Waals surface area contributed by atoms with Crippen molar-refractivity contribution in [2.75, 3.05) is 0 Å². The van der Waals surface area contributed by atoms with Crippen LogP contribution < -0.4 is 5.32 Å². The van der Waals surface area contributed by atoms with Crippen LogP contribution >= 0.6 is 11.3 Å². The highest BCUT2D eigenvalue weighted by Gasteiger charge is 2.41. The minimum atomic E-state index is -0.915. The second-order valence-electron chi connectivity index (χ2n) is 4.74. The van der Waals surface area contributed by atoms with Crippen LogP contribution in [0.15, 0.2) is 12.1 Å². The Labute approximate surface area is 110 Å². The Morgan fingerprint density at radius 2 is 2.17 bits per heavy atom. The number of nitrogens with one attached hydrogen (secondary N) is 1. The molecule has 0 atom stereocenters. The monoisotopic (exact) mass is 267 g/mol. The lowest BCUT2D eigenvalue weighted by atomic mass is 9.66. The molecule has 1 aliphatic carbocycles. The fraction of sp³-hybridized carbons (Fsp3) is 0.538. The van der Waals surface area contributed by atoms with Crippen LogP contribution in [0.5, 0.6) is 0 Å². The van der Waals surface area contributed by atoms with E-state index in [1.807, 2.05) is 6.92 Å². The topological polar surface area (TPSA) is 66.4 Å². The van der Waals surface area contributed by atoms with Crippen LogP contribution in [-0.2, 0) is 11.3 Å². The first-order valence-corrected chi connectivity index (χ1v) is 6.99. The molecule has 1 fully saturated rings. The number of carbonyl (C=O) groups excluding carboxylic acids is 1. The van der Waals surface area contributed by atoms with Crippen molar-refractivity contribution < 1.29 is 14.7 Å². The number of carboxylic acids is 1. The lowest BCUT2D eigenvalue weighted by molar-refractivity contribution is -0.136. The zero-order chi connectivity index (χ0) is 13.2. The Morgan fingerprint density at radius 1 is 1.44 bits per heavy atom. The molecule has 2 rings (SSSR count). The van der Waals surface area contributed by atoms with Gasteiger partial charge in [-0.05, 0) is 31.4 Å². The molecule has 1 aliphatic rings. The van der Waals surface area contributed by atoms with E-state index in [-0.39, 0.29) is 11.3 Å². The van der Waals surface area contributed by atoms with E-state index in [0.717, 1.165) is 30.6 Å². The van der Waals surface area contributed by atoms with E-state index in [0.29, 0.717) is 11.4 Å². The Balaban J connectivity index is 1.91. The van der Waals surface area contributed by atoms with Crippen LogP contribution in [0, 0.1) is 5.41 Å². The lowest BCUT2D eigenvalue weighted by Crippen LogP contribution is -2.44. The molecule has 0 saturated heterocycles. The quantitative estimate of drug-likeness (QED) is 0.862. The van der Waals surface area contributed by atoms with Crippen molar-refractivity contribution in [2.45, 2.75) is 39.2 Å². The summed E-state index contributed by atoms with van der Waals surface area (Å²) in [7, 11) is 0. The zero-order valence-corrected chi connectivity index (χ0v) is 11.2. The molecule has 0 spiro atoms. The van der Waals surface area contributed by atoms with Gasteiger partial charge in [-0.15, -0.1) is 11.3 Å². The maximum atomic E-state index is 12.1. The van der Waals surface area contributed by atoms with E-state index in [4.69, 9.17) is 5.11 Å². The van der Waals surface area contributed by atoms with Gasteiger partial charge in [0.25, 0.3) is 0 Å². The number of hydrogen-bond donors (Lipinski definition) is 2. The maximum absolute atomic E-state index is 12.1. The predicted octanol–water partition coefficient (Wildman–Crippen LogP) is 2.64. The van der Waals surface area contributed by atoms with Crippen molar-refractivity contribution in [3.05, 3.63) is 21.9 Å². The van der Waals surface area contributed by atoms with Crippen molar-refractivity contribution in [3.63, 3.8) is 0 Å². The van der Waals surface area contributed by atoms with Gasteiger partial charge in [-0.1, -0.05) is 13.3 Å². The van der Waals surface area contributed by atoms with Crippen LogP contribution in [-0.4, -0.2) is 17.0 Å². The Kier molecular flexibility index (Phi) is 3.71. The van der Waals surface area contributed by atoms with E-state index >= 15 is 0 Å². The number of carbonyl (C=O) groups is 2. The fourth-order valence-corrected chi connectivity index (χ4v) is 3.07. The Hall–Kier alpha value is -1.36. The van der Waals surface area contributed by atoms with Crippen LogP contribution in [0.1, 0.15) is 47.2 Å². The third-order valence-electron chi connectivity index (χ3n) is 3.76. The van der Waals surface area contributed by atoms with Gasteiger partial charge in [-0.2, -0.15) is 0 Å². The lowest BCUT2D eigenvalue weighted by Gasteiger charge is -2.39. The van der Waals surface area contributed by atoms with Gasteiger partial charge in [0.05, 0.1) is 6.54 Å². The Bertz CT molecular complexity index is 457. The van der Waals surface area contributed by atoms with Crippen LogP contribution in [0.25, 0.3) is 0 Å². The molecule has 1 aromatic rings. The van der Waals surface area contributed by atoms with Gasteiger partial charge in [-0.25, -0.2) is 4.79 Å². The molecular formula is C13H17NO3S. The van der Waals surface area contributed by atoms with Crippen molar-refractivity contribution in [2.24, 2.45) is 5.41 Å². The van der Waals surface area contributed by atoms with Crippen LogP contribution in [0.4, 0.5) is 0 Å². The zero-order valence-electron chi connectivity index (χ0n) is 10.4. The van der Waals surface area contributed by atoms with Gasteiger partial charge in [0.2, 0.25) is 5.91 Å². The number of rotatable bonds is 5. The molecule has 0 aromatic carbocycles. The molecule has 18 heavy (non-hydrogen) atoms. The molecular weight excluding hydrogens is 250 g/mol. The van der Waals surface area contributed by atoms with Crippen LogP contribution in [0.2, 0.25) is 0 Å². The standard InChI is InChI=1S/C13H17NO3S/c1-2-13(6-3-7-13)12(17)14-8-9-4-5-10(18-9)11(15)16/h4-5H,2-3,6-8H2,1H3,(H,14,17)(H,15,16). The predicted molar refractivity (Wildman–Crippen MR) is 69.7 cm³/mol. The van der Waals surface area contributed by atoms with Gasteiger partial charge >= 0.3 is 5.97 Å². The summed E-state index contributed by atoms with van der Waals surface area (Å²) in [4.78, 5) is 24.0. The number of aromatic carboxylic acids is 1. The number of amides is 1. The molecule has 5 heteroatoms. The molecule has 0 radical (unpaired) electrons. The van der Waals surface area contributed by atoms with Crippen molar-refractivity contribution in [3.8, 4) is 0 Å². The SMILES string of the molecule is CCC1(C(=O)NCc2ccc(C(=O)O)s2)CCC1. The molecule has 1 amide bonds. The molecule has 4 nitrogen and oxygen atoms in total. The second kappa shape index (κ2) is 5.10. The highest BCUT2D eigenvalue weighted by Crippen LogP contribution is 2.43. The van der Waals surface area contributed by atoms with Crippen molar-refractivity contribution in [1.82, 2.24) is 5.32 Å². The minimum absolute atomic E-state index is 0.113. The Morgan fingerprint density at radius 3 is 2.61 bits per heavy atom. The molecule has 1 aromatic heterocycles. The van der Waals surface area contributed by atoms with Crippen molar-refractivity contribution >= 4 is 23.2 Å². The maximum Gasteiger partial charge on any atom is 0.345 e. The van der Waals surface area contributed by atoms with E-state index in [2.05, 4.69) is 5.32 Å². The summed E-state index contributed by atoms with van der Waals surface area (Å²) >= 11 is 1.21. The normalized spacial score (nSPS) is 16.9. The number of carboxylic acid groups (broad SMARTS) is 1. The first kappa shape index (κ1) is 13.1. The summed E-state index contributed by atoms with van der Waals surface area (Å²) in [5, 5.41) is 11.7. The largest absolute Gasteiger partial charge is 0.477 e. The summed E-state index contributed by atoms with van der Waals surface area (Å²) in [6.07, 6.45) is 3.95. The average molecular weight is 267 g/mol. The summed E-state index contributed by atoms with van der Waals surface area (Å²) in [5.41, 5.74) is -0.160. The highest BCUT2D eigenvalue weighted by molar-refractivity contribution is 7.13. The smallest absolute Gasteiger partial charge is 0.345 e. The molecule has 98 valence electrons. The van der Waals surface area contributed by atoms with E-state index in [9.17, 15) is 9.59 Å². The summed E-state index contributed by atoms with van der Waals surface area (Å²) in [6.45, 7) is 2.48. The van der Waals surface area contributed by atoms with E-state index in [1.54, 1.807) is 12.1 Å². The minimum Gasteiger partial charge on any atom is -0.477 e. The first-order valence-electron chi connectivity index (χ1n) is 6.18. The van der Waals surface area contributed by atoms with Gasteiger partial charge in [0, 0.05) is 10.3 Å². The van der Waals surface area contributed by atoms with E-state index < -0.39 is 5.97 Å². The molecule has 1 saturated carbocycles. The summed E-state index contributed by atoms with van der Waals surface area (Å²) < 4.78 is 0. The summed E-state index contributed by atoms with van der Waals surface area (Å²) in [5.74, 6) is -0.803. The molecule has 0 aliphatic heterocycles. The number of hydrogen-bond acceptors (Lipinski definition) is 3. The third kappa shape index (κ3) is 2.41. The van der Waals surface area contributed by atoms with Crippen LogP contribution in [0.3, 0.4) is 0 Å². The van der Waals surface area contributed by atoms with Gasteiger partial charge < -0.3 is 10.4 Å². The van der Waals surface area contributed by atoms with Gasteiger partial charge in [0.1, 0.15) is 4.88 Å². The first-order chi connectivity index (χ1) is 8.57. The third-order valence-corrected chi connectivity index (χ3v) is 4.84. The summed E-state index contributed by atoms with van der Waals surface area (Å²) in [6, 6.07) is 3.33. The molecule has 1 heterocycles.